The number of carbonyl (C=O) groups is 1. The Kier molecular flexibility index (Phi) is 2.19. The van der Waals surface area contributed by atoms with Crippen LogP contribution in [0.15, 0.2) is 4.60 Å². The predicted molar refractivity (Wildman–Crippen MR) is 53.8 cm³/mol. The van der Waals surface area contributed by atoms with Crippen LogP contribution in [0.3, 0.4) is 0 Å². The van der Waals surface area contributed by atoms with Gasteiger partial charge in [0.2, 0.25) is 5.78 Å². The van der Waals surface area contributed by atoms with E-state index in [0.717, 1.165) is 19.3 Å². The smallest absolute Gasteiger partial charge is 0.203 e. The molecule has 1 aliphatic rings. The van der Waals surface area contributed by atoms with E-state index in [0.29, 0.717) is 10.3 Å². The Labute approximate surface area is 89.8 Å². The molecule has 6 heteroatoms. The molecular formula is C8H11BrN4O. The number of halogens is 1. The van der Waals surface area contributed by atoms with E-state index in [-0.39, 0.29) is 5.78 Å². The molecule has 2 N–H and O–H groups in total. The molecule has 1 saturated carbocycles. The number of aromatic nitrogens is 3. The van der Waals surface area contributed by atoms with Gasteiger partial charge in [-0.1, -0.05) is 5.21 Å². The third kappa shape index (κ3) is 1.29. The highest BCUT2D eigenvalue weighted by Gasteiger charge is 2.42. The number of nitrogens with zero attached hydrogens (tertiary/aromatic N) is 3. The summed E-state index contributed by atoms with van der Waals surface area (Å²) in [6, 6.07) is 0. The summed E-state index contributed by atoms with van der Waals surface area (Å²) in [5.41, 5.74) is 5.72. The first-order valence-electron chi connectivity index (χ1n) is 4.43. The van der Waals surface area contributed by atoms with Crippen molar-refractivity contribution in [1.29, 1.82) is 0 Å². The van der Waals surface area contributed by atoms with Crippen molar-refractivity contribution in [1.82, 2.24) is 15.0 Å². The molecular weight excluding hydrogens is 248 g/mol. The quantitative estimate of drug-likeness (QED) is 0.791. The van der Waals surface area contributed by atoms with E-state index in [1.54, 1.807) is 7.05 Å². The molecule has 1 aliphatic carbocycles. The Hall–Kier alpha value is -0.750. The second kappa shape index (κ2) is 3.13. The average molecular weight is 259 g/mol. The Balaban J connectivity index is 2.35. The Morgan fingerprint density at radius 1 is 1.64 bits per heavy atom. The average Bonchev–Trinajstić information content (AvgIpc) is 2.41. The topological polar surface area (TPSA) is 73.8 Å². The lowest BCUT2D eigenvalue weighted by molar-refractivity contribution is 0.0789. The van der Waals surface area contributed by atoms with Crippen LogP contribution in [-0.2, 0) is 7.05 Å². The van der Waals surface area contributed by atoms with Crippen molar-refractivity contribution >= 4 is 21.7 Å². The van der Waals surface area contributed by atoms with Gasteiger partial charge in [0.1, 0.15) is 5.69 Å². The molecule has 0 unspecified atom stereocenters. The molecule has 0 bridgehead atoms. The molecule has 14 heavy (non-hydrogen) atoms. The van der Waals surface area contributed by atoms with Gasteiger partial charge in [-0.2, -0.15) is 0 Å². The number of aryl methyl sites for hydroxylation is 1. The first-order chi connectivity index (χ1) is 6.54. The number of hydrogen-bond donors (Lipinski definition) is 1. The van der Waals surface area contributed by atoms with Crippen molar-refractivity contribution in [2.45, 2.75) is 24.8 Å². The van der Waals surface area contributed by atoms with Gasteiger partial charge in [-0.15, -0.1) is 5.10 Å². The minimum absolute atomic E-state index is 0.0666. The minimum Gasteiger partial charge on any atom is -0.319 e. The predicted octanol–water partition coefficient (Wildman–Crippen LogP) is 0.642. The summed E-state index contributed by atoms with van der Waals surface area (Å²) in [4.78, 5) is 12.0. The molecule has 1 aromatic rings. The number of carbonyl (C=O) groups excluding carboxylic acids is 1. The van der Waals surface area contributed by atoms with Gasteiger partial charge >= 0.3 is 0 Å². The lowest BCUT2D eigenvalue weighted by atomic mass is 9.74. The molecule has 0 radical (unpaired) electrons. The minimum atomic E-state index is -0.683. The molecule has 0 saturated heterocycles. The molecule has 1 aromatic heterocycles. The lowest BCUT2D eigenvalue weighted by Gasteiger charge is -2.36. The third-order valence-corrected chi connectivity index (χ3v) is 3.23. The SMILES string of the molecule is Cn1nnc(Br)c1C(=O)C1(N)CCC1. The van der Waals surface area contributed by atoms with Crippen LogP contribution in [0.2, 0.25) is 0 Å². The van der Waals surface area contributed by atoms with Gasteiger partial charge in [-0.3, -0.25) is 4.79 Å². The van der Waals surface area contributed by atoms with E-state index < -0.39 is 5.54 Å². The van der Waals surface area contributed by atoms with Crippen LogP contribution < -0.4 is 5.73 Å². The fraction of sp³-hybridized carbons (Fsp3) is 0.625. The van der Waals surface area contributed by atoms with Crippen LogP contribution in [0.5, 0.6) is 0 Å². The maximum atomic E-state index is 12.0. The van der Waals surface area contributed by atoms with E-state index in [2.05, 4.69) is 26.2 Å². The molecule has 0 aromatic carbocycles. The highest BCUT2D eigenvalue weighted by atomic mass is 79.9. The zero-order chi connectivity index (χ0) is 10.3. The summed E-state index contributed by atoms with van der Waals surface area (Å²) in [5, 5.41) is 7.51. The summed E-state index contributed by atoms with van der Waals surface area (Å²) in [5.74, 6) is -0.0666. The van der Waals surface area contributed by atoms with E-state index in [9.17, 15) is 4.79 Å². The van der Waals surface area contributed by atoms with E-state index in [1.807, 2.05) is 0 Å². The van der Waals surface area contributed by atoms with Crippen molar-refractivity contribution < 1.29 is 4.79 Å². The van der Waals surface area contributed by atoms with Gasteiger partial charge in [0.15, 0.2) is 4.60 Å². The largest absolute Gasteiger partial charge is 0.319 e. The summed E-state index contributed by atoms with van der Waals surface area (Å²) in [6.07, 6.45) is 2.53. The highest BCUT2D eigenvalue weighted by Crippen LogP contribution is 2.33. The first-order valence-corrected chi connectivity index (χ1v) is 5.23. The first kappa shape index (κ1) is 9.79. The molecule has 1 fully saturated rings. The highest BCUT2D eigenvalue weighted by molar-refractivity contribution is 9.10. The molecule has 0 spiro atoms. The van der Waals surface area contributed by atoms with Gasteiger partial charge < -0.3 is 5.73 Å². The standard InChI is InChI=1S/C8H11BrN4O/c1-13-5(7(9)11-12-13)6(14)8(10)3-2-4-8/h2-4,10H2,1H3. The molecule has 0 amide bonds. The van der Waals surface area contributed by atoms with Gasteiger partial charge in [-0.05, 0) is 35.2 Å². The number of Topliss-reactive ketones (excluding diaryl/α,β-unsaturated/α-hetero) is 1. The summed E-state index contributed by atoms with van der Waals surface area (Å²) in [6.45, 7) is 0. The van der Waals surface area contributed by atoms with Crippen LogP contribution in [0.25, 0.3) is 0 Å². The number of nitrogens with two attached hydrogens (primary N) is 1. The molecule has 2 rings (SSSR count). The fourth-order valence-electron chi connectivity index (χ4n) is 1.59. The van der Waals surface area contributed by atoms with Gasteiger partial charge in [0.05, 0.1) is 5.54 Å². The van der Waals surface area contributed by atoms with Crippen molar-refractivity contribution in [3.63, 3.8) is 0 Å². The van der Waals surface area contributed by atoms with Crippen molar-refractivity contribution in [2.75, 3.05) is 0 Å². The maximum Gasteiger partial charge on any atom is 0.203 e. The van der Waals surface area contributed by atoms with E-state index >= 15 is 0 Å². The Morgan fingerprint density at radius 3 is 2.64 bits per heavy atom. The molecule has 76 valence electrons. The maximum absolute atomic E-state index is 12.0. The van der Waals surface area contributed by atoms with Crippen LogP contribution in [0.1, 0.15) is 29.8 Å². The van der Waals surface area contributed by atoms with Crippen molar-refractivity contribution in [2.24, 2.45) is 12.8 Å². The second-order valence-electron chi connectivity index (χ2n) is 3.69. The van der Waals surface area contributed by atoms with Gasteiger partial charge in [0.25, 0.3) is 0 Å². The second-order valence-corrected chi connectivity index (χ2v) is 4.44. The van der Waals surface area contributed by atoms with E-state index in [4.69, 9.17) is 5.73 Å². The van der Waals surface area contributed by atoms with Crippen molar-refractivity contribution in [3.05, 3.63) is 10.3 Å². The lowest BCUT2D eigenvalue weighted by Crippen LogP contribution is -2.54. The number of hydrogen-bond acceptors (Lipinski definition) is 4. The normalized spacial score (nSPS) is 19.1. The van der Waals surface area contributed by atoms with Crippen LogP contribution in [0, 0.1) is 0 Å². The summed E-state index contributed by atoms with van der Waals surface area (Å²) in [7, 11) is 1.69. The van der Waals surface area contributed by atoms with Gasteiger partial charge in [0, 0.05) is 7.05 Å². The zero-order valence-electron chi connectivity index (χ0n) is 7.83. The fourth-order valence-corrected chi connectivity index (χ4v) is 2.10. The summed E-state index contributed by atoms with van der Waals surface area (Å²) < 4.78 is 1.93. The molecule has 0 aliphatic heterocycles. The Bertz CT molecular complexity index is 363. The zero-order valence-corrected chi connectivity index (χ0v) is 9.41. The number of rotatable bonds is 2. The van der Waals surface area contributed by atoms with E-state index in [1.165, 1.54) is 4.68 Å². The van der Waals surface area contributed by atoms with Crippen LogP contribution in [-0.4, -0.2) is 26.3 Å². The van der Waals surface area contributed by atoms with Crippen LogP contribution in [0.4, 0.5) is 0 Å². The van der Waals surface area contributed by atoms with Gasteiger partial charge in [-0.25, -0.2) is 4.68 Å². The van der Waals surface area contributed by atoms with Crippen molar-refractivity contribution in [3.8, 4) is 0 Å². The summed E-state index contributed by atoms with van der Waals surface area (Å²) >= 11 is 3.19. The molecule has 0 atom stereocenters. The van der Waals surface area contributed by atoms with Crippen LogP contribution >= 0.6 is 15.9 Å². The number of ketones is 1. The molecule has 5 nitrogen and oxygen atoms in total. The Morgan fingerprint density at radius 2 is 2.29 bits per heavy atom. The monoisotopic (exact) mass is 258 g/mol. The third-order valence-electron chi connectivity index (χ3n) is 2.70. The molecule has 1 heterocycles.